The van der Waals surface area contributed by atoms with Crippen LogP contribution in [0.25, 0.3) is 16.7 Å². The summed E-state index contributed by atoms with van der Waals surface area (Å²) >= 11 is 1.50. The highest BCUT2D eigenvalue weighted by atomic mass is 32.2. The van der Waals surface area contributed by atoms with E-state index in [1.807, 2.05) is 31.2 Å². The predicted molar refractivity (Wildman–Crippen MR) is 121 cm³/mol. The summed E-state index contributed by atoms with van der Waals surface area (Å²) in [4.78, 5) is 46.0. The van der Waals surface area contributed by atoms with Crippen LogP contribution in [0, 0.1) is 6.92 Å². The van der Waals surface area contributed by atoms with Crippen LogP contribution in [-0.2, 0) is 9.59 Å². The third-order valence-electron chi connectivity index (χ3n) is 6.20. The summed E-state index contributed by atoms with van der Waals surface area (Å²) in [5.41, 5.74) is 2.31. The average Bonchev–Trinajstić information content (AvgIpc) is 3.39. The van der Waals surface area contributed by atoms with Crippen molar-refractivity contribution >= 4 is 34.6 Å². The first-order valence-corrected chi connectivity index (χ1v) is 11.6. The molecule has 2 amide bonds. The fourth-order valence-electron chi connectivity index (χ4n) is 4.36. The predicted octanol–water partition coefficient (Wildman–Crippen LogP) is 1.62. The summed E-state index contributed by atoms with van der Waals surface area (Å²) in [6.07, 6.45) is 1.81. The summed E-state index contributed by atoms with van der Waals surface area (Å²) in [5.74, 6) is 0.673. The molecule has 9 nitrogen and oxygen atoms in total. The second-order valence-corrected chi connectivity index (χ2v) is 9.19. The Morgan fingerprint density at radius 3 is 2.56 bits per heavy atom. The van der Waals surface area contributed by atoms with Gasteiger partial charge in [0.1, 0.15) is 5.39 Å². The minimum atomic E-state index is -0.237. The molecule has 5 rings (SSSR count). The van der Waals surface area contributed by atoms with Gasteiger partial charge in [-0.15, -0.1) is 0 Å². The lowest BCUT2D eigenvalue weighted by Gasteiger charge is -2.34. The largest absolute Gasteiger partial charge is 0.339 e. The van der Waals surface area contributed by atoms with Crippen molar-refractivity contribution in [1.29, 1.82) is 0 Å². The third-order valence-corrected chi connectivity index (χ3v) is 7.30. The molecule has 0 N–H and O–H groups in total. The zero-order valence-corrected chi connectivity index (χ0v) is 18.8. The molecular formula is C22H24N6O3S. The lowest BCUT2D eigenvalue weighted by atomic mass is 10.2. The lowest BCUT2D eigenvalue weighted by Crippen LogP contribution is -2.50. The number of carbonyl (C=O) groups excluding carboxylic acids is 2. The van der Waals surface area contributed by atoms with Gasteiger partial charge in [0.15, 0.2) is 10.8 Å². The number of piperazine rings is 1. The molecule has 0 radical (unpaired) electrons. The molecule has 0 saturated carbocycles. The fraction of sp³-hybridized carbons (Fsp3) is 0.409. The Morgan fingerprint density at radius 1 is 1.12 bits per heavy atom. The SMILES string of the molecule is CC(=O)N1CCN(C(=O)CC2CSc3nc4c(cnn4-c4ccccc4C)c(=O)n32)CC1. The molecule has 1 saturated heterocycles. The topological polar surface area (TPSA) is 93.3 Å². The van der Waals surface area contributed by atoms with Gasteiger partial charge in [-0.25, -0.2) is 9.67 Å². The van der Waals surface area contributed by atoms with Crippen LogP contribution < -0.4 is 5.56 Å². The zero-order chi connectivity index (χ0) is 22.4. The van der Waals surface area contributed by atoms with Gasteiger partial charge in [-0.3, -0.25) is 19.0 Å². The highest BCUT2D eigenvalue weighted by molar-refractivity contribution is 7.99. The molecule has 0 bridgehead atoms. The molecular weight excluding hydrogens is 428 g/mol. The van der Waals surface area contributed by atoms with E-state index in [4.69, 9.17) is 4.98 Å². The van der Waals surface area contributed by atoms with Gasteiger partial charge < -0.3 is 9.80 Å². The number of nitrogens with zero attached hydrogens (tertiary/aromatic N) is 6. The van der Waals surface area contributed by atoms with Gasteiger partial charge in [-0.1, -0.05) is 30.0 Å². The van der Waals surface area contributed by atoms with Gasteiger partial charge in [-0.2, -0.15) is 5.10 Å². The summed E-state index contributed by atoms with van der Waals surface area (Å²) < 4.78 is 3.36. The average molecular weight is 453 g/mol. The zero-order valence-electron chi connectivity index (χ0n) is 18.0. The molecule has 2 aliphatic rings. The van der Waals surface area contributed by atoms with Crippen LogP contribution in [0.15, 0.2) is 40.4 Å². The van der Waals surface area contributed by atoms with Crippen molar-refractivity contribution in [2.75, 3.05) is 31.9 Å². The van der Waals surface area contributed by atoms with E-state index in [-0.39, 0.29) is 29.8 Å². The van der Waals surface area contributed by atoms with E-state index in [2.05, 4.69) is 5.10 Å². The number of para-hydroxylation sites is 1. The van der Waals surface area contributed by atoms with Crippen molar-refractivity contribution in [1.82, 2.24) is 29.1 Å². The molecule has 1 fully saturated rings. The van der Waals surface area contributed by atoms with E-state index in [0.29, 0.717) is 48.1 Å². The van der Waals surface area contributed by atoms with Gasteiger partial charge in [0, 0.05) is 45.3 Å². The molecule has 2 aliphatic heterocycles. The molecule has 3 aromatic rings. The Morgan fingerprint density at radius 2 is 1.84 bits per heavy atom. The first-order chi connectivity index (χ1) is 15.4. The number of hydrogen-bond donors (Lipinski definition) is 0. The molecule has 4 heterocycles. The van der Waals surface area contributed by atoms with Gasteiger partial charge >= 0.3 is 0 Å². The smallest absolute Gasteiger partial charge is 0.265 e. The van der Waals surface area contributed by atoms with Crippen molar-refractivity contribution in [2.24, 2.45) is 0 Å². The van der Waals surface area contributed by atoms with Gasteiger partial charge in [0.2, 0.25) is 11.8 Å². The molecule has 166 valence electrons. The van der Waals surface area contributed by atoms with Crippen molar-refractivity contribution < 1.29 is 9.59 Å². The molecule has 0 aliphatic carbocycles. The van der Waals surface area contributed by atoms with Crippen LogP contribution in [0.4, 0.5) is 0 Å². The number of carbonyl (C=O) groups is 2. The van der Waals surface area contributed by atoms with Crippen molar-refractivity contribution in [3.05, 3.63) is 46.4 Å². The van der Waals surface area contributed by atoms with Gasteiger partial charge in [-0.05, 0) is 18.6 Å². The maximum atomic E-state index is 13.3. The first-order valence-electron chi connectivity index (χ1n) is 10.7. The Kier molecular flexibility index (Phi) is 5.24. The number of thioether (sulfide) groups is 1. The number of aryl methyl sites for hydroxylation is 1. The number of hydrogen-bond acceptors (Lipinski definition) is 6. The molecule has 32 heavy (non-hydrogen) atoms. The molecule has 10 heteroatoms. The fourth-order valence-corrected chi connectivity index (χ4v) is 5.49. The van der Waals surface area contributed by atoms with Crippen molar-refractivity contribution in [3.63, 3.8) is 0 Å². The summed E-state index contributed by atoms with van der Waals surface area (Å²) in [7, 11) is 0. The molecule has 1 aromatic carbocycles. The van der Waals surface area contributed by atoms with Crippen LogP contribution in [0.1, 0.15) is 24.9 Å². The third kappa shape index (κ3) is 3.48. The van der Waals surface area contributed by atoms with E-state index >= 15 is 0 Å². The Bertz CT molecular complexity index is 1270. The van der Waals surface area contributed by atoms with E-state index in [1.54, 1.807) is 32.2 Å². The minimum absolute atomic E-state index is 0.00857. The van der Waals surface area contributed by atoms with Crippen LogP contribution in [-0.4, -0.2) is 72.9 Å². The quantitative estimate of drug-likeness (QED) is 0.561. The van der Waals surface area contributed by atoms with Crippen LogP contribution in [0.3, 0.4) is 0 Å². The van der Waals surface area contributed by atoms with E-state index in [1.165, 1.54) is 11.8 Å². The lowest BCUT2D eigenvalue weighted by molar-refractivity contribution is -0.138. The monoisotopic (exact) mass is 452 g/mol. The van der Waals surface area contributed by atoms with Gasteiger partial charge in [0.25, 0.3) is 5.56 Å². The van der Waals surface area contributed by atoms with Crippen molar-refractivity contribution in [2.45, 2.75) is 31.5 Å². The molecule has 1 atom stereocenters. The minimum Gasteiger partial charge on any atom is -0.339 e. The number of rotatable bonds is 3. The van der Waals surface area contributed by atoms with Crippen molar-refractivity contribution in [3.8, 4) is 5.69 Å². The standard InChI is InChI=1S/C22H24N6O3S/c1-14-5-3-4-6-18(14)28-20-17(12-23-28)21(31)27-16(13-32-22(27)24-20)11-19(30)26-9-7-25(8-10-26)15(2)29/h3-6,12,16H,7-11,13H2,1-2H3. The number of fused-ring (bicyclic) bond motifs is 2. The summed E-state index contributed by atoms with van der Waals surface area (Å²) in [5, 5.41) is 5.51. The molecule has 2 aromatic heterocycles. The first kappa shape index (κ1) is 20.7. The van der Waals surface area contributed by atoms with E-state index < -0.39 is 0 Å². The Labute approximate surface area is 189 Å². The maximum absolute atomic E-state index is 13.3. The normalized spacial score (nSPS) is 18.2. The Hall–Kier alpha value is -3.14. The molecule has 1 unspecified atom stereocenters. The van der Waals surface area contributed by atoms with Crippen LogP contribution >= 0.6 is 11.8 Å². The number of amides is 2. The summed E-state index contributed by atoms with van der Waals surface area (Å²) in [6, 6.07) is 7.61. The number of aromatic nitrogens is 4. The maximum Gasteiger partial charge on any atom is 0.265 e. The van der Waals surface area contributed by atoms with E-state index in [9.17, 15) is 14.4 Å². The van der Waals surface area contributed by atoms with Crippen LogP contribution in [0.5, 0.6) is 0 Å². The summed E-state index contributed by atoms with van der Waals surface area (Å²) in [6.45, 7) is 5.71. The molecule has 0 spiro atoms. The highest BCUT2D eigenvalue weighted by Gasteiger charge is 2.32. The Balaban J connectivity index is 1.41. The second kappa shape index (κ2) is 8.09. The van der Waals surface area contributed by atoms with Crippen LogP contribution in [0.2, 0.25) is 0 Å². The van der Waals surface area contributed by atoms with Gasteiger partial charge in [0.05, 0.1) is 17.9 Å². The number of benzene rings is 1. The van der Waals surface area contributed by atoms with E-state index in [0.717, 1.165) is 11.3 Å². The highest BCUT2D eigenvalue weighted by Crippen LogP contribution is 2.34. The second-order valence-electron chi connectivity index (χ2n) is 8.21.